The first kappa shape index (κ1) is 15.2. The van der Waals surface area contributed by atoms with Gasteiger partial charge in [0.2, 0.25) is 5.91 Å². The normalized spacial score (nSPS) is 16.6. The van der Waals surface area contributed by atoms with Gasteiger partial charge in [-0.25, -0.2) is 9.37 Å². The monoisotopic (exact) mass is 323 g/mol. The highest BCUT2D eigenvalue weighted by Crippen LogP contribution is 2.33. The lowest BCUT2D eigenvalue weighted by molar-refractivity contribution is -0.126. The third kappa shape index (κ3) is 3.05. The third-order valence-corrected chi connectivity index (χ3v) is 4.75. The number of carbonyl (C=O) groups is 1. The quantitative estimate of drug-likeness (QED) is 0.915. The Kier molecular flexibility index (Phi) is 4.26. The van der Waals surface area contributed by atoms with Gasteiger partial charge in [0, 0.05) is 26.2 Å². The lowest BCUT2D eigenvalue weighted by Gasteiger charge is -2.38. The minimum atomic E-state index is -0.254. The molecule has 3 rings (SSSR count). The topological polar surface area (TPSA) is 54.5 Å². The summed E-state index contributed by atoms with van der Waals surface area (Å²) in [6, 6.07) is 4.60. The molecule has 2 aromatic rings. The van der Waals surface area contributed by atoms with Crippen LogP contribution in [-0.4, -0.2) is 43.7 Å². The summed E-state index contributed by atoms with van der Waals surface area (Å²) in [6.07, 6.45) is 0. The van der Waals surface area contributed by atoms with E-state index in [2.05, 4.69) is 10.3 Å². The number of benzene rings is 1. The number of nitrogens with one attached hydrogen (secondary N) is 1. The number of anilines is 1. The van der Waals surface area contributed by atoms with E-state index in [0.29, 0.717) is 19.7 Å². The van der Waals surface area contributed by atoms with Gasteiger partial charge in [-0.2, -0.15) is 0 Å². The number of hydrogen-bond acceptors (Lipinski definition) is 5. The summed E-state index contributed by atoms with van der Waals surface area (Å²) < 4.78 is 19.0. The van der Waals surface area contributed by atoms with Crippen molar-refractivity contribution >= 4 is 32.6 Å². The molecule has 0 aliphatic carbocycles. The van der Waals surface area contributed by atoms with Gasteiger partial charge in [-0.15, -0.1) is 0 Å². The van der Waals surface area contributed by atoms with Gasteiger partial charge in [0.1, 0.15) is 5.82 Å². The van der Waals surface area contributed by atoms with Crippen molar-refractivity contribution in [1.29, 1.82) is 0 Å². The number of rotatable bonds is 5. The maximum atomic E-state index is 13.2. The molecule has 1 amide bonds. The van der Waals surface area contributed by atoms with Crippen LogP contribution in [0, 0.1) is 11.7 Å². The molecule has 1 N–H and O–H groups in total. The molecule has 1 aliphatic rings. The van der Waals surface area contributed by atoms with Crippen LogP contribution < -0.4 is 10.2 Å². The van der Waals surface area contributed by atoms with Gasteiger partial charge < -0.3 is 15.0 Å². The van der Waals surface area contributed by atoms with Crippen molar-refractivity contribution < 1.29 is 13.9 Å². The van der Waals surface area contributed by atoms with E-state index < -0.39 is 0 Å². The van der Waals surface area contributed by atoms with Gasteiger partial charge in [-0.3, -0.25) is 4.79 Å². The number of methoxy groups -OCH3 is 1. The van der Waals surface area contributed by atoms with E-state index in [0.717, 1.165) is 15.3 Å². The molecule has 1 aliphatic heterocycles. The van der Waals surface area contributed by atoms with E-state index in [-0.39, 0.29) is 23.7 Å². The summed E-state index contributed by atoms with van der Waals surface area (Å²) >= 11 is 1.45. The average Bonchev–Trinajstić information content (AvgIpc) is 2.79. The molecular weight excluding hydrogens is 305 g/mol. The van der Waals surface area contributed by atoms with E-state index in [1.807, 2.05) is 11.8 Å². The summed E-state index contributed by atoms with van der Waals surface area (Å²) in [7, 11) is 1.61. The number of nitrogens with zero attached hydrogens (tertiary/aromatic N) is 2. The minimum Gasteiger partial charge on any atom is -0.383 e. The minimum absolute atomic E-state index is 0.0111. The van der Waals surface area contributed by atoms with Crippen molar-refractivity contribution in [2.24, 2.45) is 5.92 Å². The molecule has 1 atom stereocenters. The lowest BCUT2D eigenvalue weighted by atomic mass is 10.00. The van der Waals surface area contributed by atoms with Crippen molar-refractivity contribution in [3.8, 4) is 0 Å². The highest BCUT2D eigenvalue weighted by atomic mass is 32.1. The van der Waals surface area contributed by atoms with Crippen molar-refractivity contribution in [3.05, 3.63) is 24.0 Å². The Morgan fingerprint density at radius 1 is 1.59 bits per heavy atom. The Hall–Kier alpha value is -1.73. The van der Waals surface area contributed by atoms with Crippen LogP contribution in [0.5, 0.6) is 0 Å². The van der Waals surface area contributed by atoms with E-state index in [4.69, 9.17) is 4.74 Å². The van der Waals surface area contributed by atoms with Crippen molar-refractivity contribution in [2.45, 2.75) is 13.0 Å². The molecule has 0 bridgehead atoms. The van der Waals surface area contributed by atoms with Gasteiger partial charge in [0.25, 0.3) is 0 Å². The molecule has 1 aromatic carbocycles. The third-order valence-electron chi connectivity index (χ3n) is 3.67. The zero-order chi connectivity index (χ0) is 15.7. The first-order valence-corrected chi connectivity index (χ1v) is 7.99. The van der Waals surface area contributed by atoms with Crippen LogP contribution >= 0.6 is 11.3 Å². The Morgan fingerprint density at radius 3 is 3.09 bits per heavy atom. The zero-order valence-corrected chi connectivity index (χ0v) is 13.3. The van der Waals surface area contributed by atoms with E-state index in [1.54, 1.807) is 13.2 Å². The number of carbonyl (C=O) groups excluding carboxylic acids is 1. The number of halogens is 1. The lowest BCUT2D eigenvalue weighted by Crippen LogP contribution is -2.55. The Bertz CT molecular complexity index is 684. The second-order valence-electron chi connectivity index (χ2n) is 5.58. The fourth-order valence-electron chi connectivity index (χ4n) is 2.47. The molecule has 5 nitrogen and oxygen atoms in total. The number of aromatic nitrogens is 1. The molecule has 22 heavy (non-hydrogen) atoms. The van der Waals surface area contributed by atoms with Gasteiger partial charge in [0.15, 0.2) is 5.13 Å². The predicted molar refractivity (Wildman–Crippen MR) is 84.8 cm³/mol. The predicted octanol–water partition coefficient (Wildman–Crippen LogP) is 2.02. The number of hydrogen-bond donors (Lipinski definition) is 1. The van der Waals surface area contributed by atoms with E-state index >= 15 is 0 Å². The molecule has 1 saturated heterocycles. The fraction of sp³-hybridized carbons (Fsp3) is 0.467. The van der Waals surface area contributed by atoms with Crippen LogP contribution in [0.1, 0.15) is 6.92 Å². The molecule has 2 heterocycles. The summed E-state index contributed by atoms with van der Waals surface area (Å²) in [5, 5.41) is 3.77. The fourth-order valence-corrected chi connectivity index (χ4v) is 3.48. The van der Waals surface area contributed by atoms with Crippen LogP contribution in [0.4, 0.5) is 9.52 Å². The zero-order valence-electron chi connectivity index (χ0n) is 12.5. The van der Waals surface area contributed by atoms with Crippen molar-refractivity contribution in [2.75, 3.05) is 31.7 Å². The first-order chi connectivity index (χ1) is 10.6. The van der Waals surface area contributed by atoms with Gasteiger partial charge in [-0.1, -0.05) is 11.3 Å². The molecule has 118 valence electrons. The molecule has 1 unspecified atom stereocenters. The summed E-state index contributed by atoms with van der Waals surface area (Å²) in [4.78, 5) is 18.6. The summed E-state index contributed by atoms with van der Waals surface area (Å²) in [6.45, 7) is 3.72. The Balaban J connectivity index is 1.59. The van der Waals surface area contributed by atoms with E-state index in [1.165, 1.54) is 23.5 Å². The Labute approximate surface area is 132 Å². The highest BCUT2D eigenvalue weighted by molar-refractivity contribution is 7.22. The first-order valence-electron chi connectivity index (χ1n) is 7.17. The largest absolute Gasteiger partial charge is 0.383 e. The number of ether oxygens (including phenoxy) is 1. The maximum absolute atomic E-state index is 13.2. The van der Waals surface area contributed by atoms with E-state index in [9.17, 15) is 9.18 Å². The number of thiazole rings is 1. The van der Waals surface area contributed by atoms with Crippen molar-refractivity contribution in [3.63, 3.8) is 0 Å². The van der Waals surface area contributed by atoms with Crippen LogP contribution in [0.25, 0.3) is 10.2 Å². The summed E-state index contributed by atoms with van der Waals surface area (Å²) in [5.74, 6) is -0.230. The van der Waals surface area contributed by atoms with Crippen LogP contribution in [-0.2, 0) is 9.53 Å². The second kappa shape index (κ2) is 6.18. The maximum Gasteiger partial charge on any atom is 0.226 e. The van der Waals surface area contributed by atoms with Gasteiger partial charge in [-0.05, 0) is 25.1 Å². The smallest absolute Gasteiger partial charge is 0.226 e. The standard InChI is InChI=1S/C15H18FN3O2S/c1-9(8-21-2)17-14(20)10-6-19(7-10)15-18-12-4-3-11(16)5-13(12)22-15/h3-5,9-10H,6-8H2,1-2H3,(H,17,20). The second-order valence-corrected chi connectivity index (χ2v) is 6.58. The van der Waals surface area contributed by atoms with Crippen LogP contribution in [0.15, 0.2) is 18.2 Å². The van der Waals surface area contributed by atoms with Crippen LogP contribution in [0.3, 0.4) is 0 Å². The molecule has 0 radical (unpaired) electrons. The molecule has 0 saturated carbocycles. The van der Waals surface area contributed by atoms with Gasteiger partial charge in [0.05, 0.1) is 22.7 Å². The number of amides is 1. The molecule has 1 aromatic heterocycles. The molecule has 1 fully saturated rings. The van der Waals surface area contributed by atoms with Gasteiger partial charge >= 0.3 is 0 Å². The van der Waals surface area contributed by atoms with Crippen LogP contribution in [0.2, 0.25) is 0 Å². The Morgan fingerprint density at radius 2 is 2.36 bits per heavy atom. The summed E-state index contributed by atoms with van der Waals surface area (Å²) in [5.41, 5.74) is 0.794. The molecule has 7 heteroatoms. The number of fused-ring (bicyclic) bond motifs is 1. The van der Waals surface area contributed by atoms with Crippen molar-refractivity contribution in [1.82, 2.24) is 10.3 Å². The molecule has 0 spiro atoms. The highest BCUT2D eigenvalue weighted by Gasteiger charge is 2.34. The molecular formula is C15H18FN3O2S. The average molecular weight is 323 g/mol. The SMILES string of the molecule is COCC(C)NC(=O)C1CN(c2nc3ccc(F)cc3s2)C1.